The molecule has 15 nitrogen and oxygen atoms in total. The molecule has 1 heterocycles. The number of carboxylic acid groups (broad SMARTS) is 1. The van der Waals surface area contributed by atoms with Crippen LogP contribution in [0.15, 0.2) is 0 Å². The SMILES string of the molecule is CCOC(=O)[C@@H](NC(=O)[C@@H](NC(=O)CCC(=O)O)[C@@H](O)CO)[C@@H](C)O[C@@H]1O[C@@H](C)[C@@H](O)[C@@H](O)[C@@H]1O. The van der Waals surface area contributed by atoms with E-state index in [0.717, 1.165) is 0 Å². The minimum Gasteiger partial charge on any atom is -0.481 e. The molecule has 0 bridgehead atoms. The first-order chi connectivity index (χ1) is 16.3. The summed E-state index contributed by atoms with van der Waals surface area (Å²) < 4.78 is 15.8. The molecule has 1 rings (SSSR count). The van der Waals surface area contributed by atoms with Crippen LogP contribution in [0.25, 0.3) is 0 Å². The van der Waals surface area contributed by atoms with Gasteiger partial charge in [0.2, 0.25) is 11.8 Å². The molecule has 0 aliphatic carbocycles. The molecular weight excluding hydrogens is 476 g/mol. The van der Waals surface area contributed by atoms with E-state index in [1.807, 2.05) is 0 Å². The lowest BCUT2D eigenvalue weighted by molar-refractivity contribution is -0.304. The van der Waals surface area contributed by atoms with Gasteiger partial charge in [-0.1, -0.05) is 0 Å². The van der Waals surface area contributed by atoms with Crippen molar-refractivity contribution >= 4 is 23.8 Å². The Labute approximate surface area is 201 Å². The van der Waals surface area contributed by atoms with Gasteiger partial charge in [-0.3, -0.25) is 14.4 Å². The molecule has 0 radical (unpaired) electrons. The van der Waals surface area contributed by atoms with Crippen LogP contribution in [-0.2, 0) is 33.4 Å². The van der Waals surface area contributed by atoms with Gasteiger partial charge in [0.05, 0.1) is 31.8 Å². The maximum atomic E-state index is 12.8. The van der Waals surface area contributed by atoms with Crippen molar-refractivity contribution in [3.8, 4) is 0 Å². The fraction of sp³-hybridized carbons (Fsp3) is 0.800. The monoisotopic (exact) mass is 510 g/mol. The first-order valence-electron chi connectivity index (χ1n) is 11.0. The zero-order chi connectivity index (χ0) is 26.9. The lowest BCUT2D eigenvalue weighted by Gasteiger charge is -2.40. The van der Waals surface area contributed by atoms with Crippen molar-refractivity contribution in [2.75, 3.05) is 13.2 Å². The van der Waals surface area contributed by atoms with E-state index in [1.165, 1.54) is 20.8 Å². The van der Waals surface area contributed by atoms with Crippen LogP contribution in [0.5, 0.6) is 0 Å². The average Bonchev–Trinajstić information content (AvgIpc) is 2.80. The largest absolute Gasteiger partial charge is 0.481 e. The van der Waals surface area contributed by atoms with Crippen molar-refractivity contribution in [1.82, 2.24) is 10.6 Å². The Kier molecular flexibility index (Phi) is 12.5. The van der Waals surface area contributed by atoms with Crippen LogP contribution in [0.1, 0.15) is 33.6 Å². The smallest absolute Gasteiger partial charge is 0.331 e. The number of carbonyl (C=O) groups excluding carboxylic acids is 3. The molecule has 1 aliphatic heterocycles. The summed E-state index contributed by atoms with van der Waals surface area (Å²) in [6, 6.07) is -3.33. The number of nitrogens with one attached hydrogen (secondary N) is 2. The Morgan fingerprint density at radius 1 is 1.00 bits per heavy atom. The van der Waals surface area contributed by atoms with Crippen LogP contribution in [0, 0.1) is 0 Å². The van der Waals surface area contributed by atoms with Crippen molar-refractivity contribution < 1.29 is 64.0 Å². The molecular formula is C20H34N2O13. The van der Waals surface area contributed by atoms with E-state index < -0.39 is 98.2 Å². The van der Waals surface area contributed by atoms with Crippen molar-refractivity contribution in [3.63, 3.8) is 0 Å². The Bertz CT molecular complexity index is 736. The van der Waals surface area contributed by atoms with Gasteiger partial charge in [0.1, 0.15) is 30.5 Å². The molecule has 1 aliphatic rings. The van der Waals surface area contributed by atoms with Crippen LogP contribution in [0.3, 0.4) is 0 Å². The minimum atomic E-state index is -1.80. The van der Waals surface area contributed by atoms with E-state index in [1.54, 1.807) is 0 Å². The number of amides is 2. The molecule has 0 aromatic carbocycles. The van der Waals surface area contributed by atoms with E-state index in [0.29, 0.717) is 0 Å². The van der Waals surface area contributed by atoms with Gasteiger partial charge >= 0.3 is 11.9 Å². The molecule has 0 saturated carbocycles. The van der Waals surface area contributed by atoms with Gasteiger partial charge in [0.25, 0.3) is 0 Å². The van der Waals surface area contributed by atoms with E-state index in [9.17, 15) is 44.7 Å². The standard InChI is InChI=1S/C20H34N2O13/c1-4-33-19(32)13(8(2)34-20-17(30)16(29)15(28)9(3)35-20)22-18(31)14(10(24)7-23)21-11(25)5-6-12(26)27/h8-10,13-17,20,23-24,28-30H,4-7H2,1-3H3,(H,21,25)(H,22,31)(H,26,27)/t8-,9+,10+,13+,14+,15-,16-,17+,20-/m1/s1. The van der Waals surface area contributed by atoms with Crippen LogP contribution in [-0.4, -0.2) is 123 Å². The predicted octanol–water partition coefficient (Wildman–Crippen LogP) is -4.03. The maximum absolute atomic E-state index is 12.8. The van der Waals surface area contributed by atoms with Crippen LogP contribution >= 0.6 is 0 Å². The Morgan fingerprint density at radius 2 is 1.63 bits per heavy atom. The predicted molar refractivity (Wildman–Crippen MR) is 113 cm³/mol. The van der Waals surface area contributed by atoms with Gasteiger partial charge in [-0.05, 0) is 20.8 Å². The first-order valence-corrected chi connectivity index (χ1v) is 11.0. The second-order valence-electron chi connectivity index (χ2n) is 7.95. The number of esters is 1. The van der Waals surface area contributed by atoms with Crippen molar-refractivity contribution in [3.05, 3.63) is 0 Å². The summed E-state index contributed by atoms with van der Waals surface area (Å²) in [5.41, 5.74) is 0. The first kappa shape index (κ1) is 30.6. The molecule has 15 heteroatoms. The number of aliphatic hydroxyl groups excluding tert-OH is 5. The molecule has 9 atom stereocenters. The fourth-order valence-corrected chi connectivity index (χ4v) is 3.17. The fourth-order valence-electron chi connectivity index (χ4n) is 3.17. The summed E-state index contributed by atoms with van der Waals surface area (Å²) in [7, 11) is 0. The Morgan fingerprint density at radius 3 is 2.17 bits per heavy atom. The summed E-state index contributed by atoms with van der Waals surface area (Å²) in [6.07, 6.45) is -11.3. The third kappa shape index (κ3) is 8.96. The molecule has 202 valence electrons. The number of rotatable bonds is 13. The third-order valence-corrected chi connectivity index (χ3v) is 5.20. The number of hydrogen-bond donors (Lipinski definition) is 8. The van der Waals surface area contributed by atoms with Crippen molar-refractivity contribution in [1.29, 1.82) is 0 Å². The lowest BCUT2D eigenvalue weighted by Crippen LogP contribution is -2.61. The molecule has 0 spiro atoms. The zero-order valence-corrected chi connectivity index (χ0v) is 19.6. The van der Waals surface area contributed by atoms with Gasteiger partial charge in [0.15, 0.2) is 12.3 Å². The highest BCUT2D eigenvalue weighted by Gasteiger charge is 2.44. The number of carbonyl (C=O) groups is 4. The van der Waals surface area contributed by atoms with E-state index >= 15 is 0 Å². The second-order valence-corrected chi connectivity index (χ2v) is 7.95. The van der Waals surface area contributed by atoms with Crippen LogP contribution in [0.2, 0.25) is 0 Å². The molecule has 1 saturated heterocycles. The summed E-state index contributed by atoms with van der Waals surface area (Å²) in [5, 5.41) is 62.2. The second kappa shape index (κ2) is 14.2. The van der Waals surface area contributed by atoms with Crippen LogP contribution < -0.4 is 10.6 Å². The summed E-state index contributed by atoms with van der Waals surface area (Å²) in [6.45, 7) is 3.18. The summed E-state index contributed by atoms with van der Waals surface area (Å²) in [4.78, 5) is 47.9. The highest BCUT2D eigenvalue weighted by molar-refractivity contribution is 5.92. The zero-order valence-electron chi connectivity index (χ0n) is 19.6. The quantitative estimate of drug-likeness (QED) is 0.110. The highest BCUT2D eigenvalue weighted by Crippen LogP contribution is 2.23. The number of aliphatic carboxylic acids is 1. The van der Waals surface area contributed by atoms with Crippen molar-refractivity contribution in [2.24, 2.45) is 0 Å². The average molecular weight is 510 g/mol. The molecule has 0 aromatic heterocycles. The van der Waals surface area contributed by atoms with Gasteiger partial charge in [-0.2, -0.15) is 0 Å². The van der Waals surface area contributed by atoms with Crippen LogP contribution in [0.4, 0.5) is 0 Å². The molecule has 0 unspecified atom stereocenters. The molecule has 1 fully saturated rings. The molecule has 35 heavy (non-hydrogen) atoms. The summed E-state index contributed by atoms with van der Waals surface area (Å²) >= 11 is 0. The number of ether oxygens (including phenoxy) is 3. The topological polar surface area (TPSA) is 241 Å². The van der Waals surface area contributed by atoms with Gasteiger partial charge in [0, 0.05) is 6.42 Å². The Balaban J connectivity index is 3.02. The third-order valence-electron chi connectivity index (χ3n) is 5.20. The highest BCUT2D eigenvalue weighted by atomic mass is 16.7. The van der Waals surface area contributed by atoms with E-state index in [4.69, 9.17) is 19.3 Å². The van der Waals surface area contributed by atoms with E-state index in [-0.39, 0.29) is 6.61 Å². The maximum Gasteiger partial charge on any atom is 0.331 e. The van der Waals surface area contributed by atoms with Gasteiger partial charge in [-0.15, -0.1) is 0 Å². The minimum absolute atomic E-state index is 0.0863. The van der Waals surface area contributed by atoms with Gasteiger partial charge in [-0.25, -0.2) is 4.79 Å². The number of carboxylic acids is 1. The lowest BCUT2D eigenvalue weighted by atomic mass is 10.00. The van der Waals surface area contributed by atoms with Gasteiger partial charge < -0.3 is 55.5 Å². The van der Waals surface area contributed by atoms with Crippen molar-refractivity contribution in [2.45, 2.75) is 88.6 Å². The molecule has 0 aromatic rings. The molecule has 8 N–H and O–H groups in total. The Hall–Kier alpha value is -2.40. The summed E-state index contributed by atoms with van der Waals surface area (Å²) in [5.74, 6) is -4.28. The molecule has 2 amide bonds. The van der Waals surface area contributed by atoms with E-state index in [2.05, 4.69) is 10.6 Å². The number of aliphatic hydroxyl groups is 5. The number of hydrogen-bond acceptors (Lipinski definition) is 12. The normalized spacial score (nSPS) is 27.7.